The van der Waals surface area contributed by atoms with Gasteiger partial charge in [-0.25, -0.2) is 9.78 Å². The Morgan fingerprint density at radius 3 is 2.38 bits per heavy atom. The molecular formula is C29H32ClN3O5S. The highest BCUT2D eigenvalue weighted by Gasteiger charge is 2.37. The molecule has 0 bridgehead atoms. The lowest BCUT2D eigenvalue weighted by Gasteiger charge is -2.36. The highest BCUT2D eigenvalue weighted by Crippen LogP contribution is 2.33. The van der Waals surface area contributed by atoms with Crippen LogP contribution in [0.3, 0.4) is 0 Å². The fourth-order valence-corrected chi connectivity index (χ4v) is 5.45. The molecule has 0 atom stereocenters. The maximum atomic E-state index is 13.2. The number of carbonyl (C=O) groups excluding carboxylic acids is 3. The molecule has 4 rings (SSSR count). The number of thiazole rings is 1. The summed E-state index contributed by atoms with van der Waals surface area (Å²) in [5.74, 6) is -0.175. The molecule has 0 saturated carbocycles. The van der Waals surface area contributed by atoms with Crippen LogP contribution in [0.4, 0.5) is 5.69 Å². The zero-order chi connectivity index (χ0) is 28.2. The molecule has 2 aromatic carbocycles. The van der Waals surface area contributed by atoms with Crippen LogP contribution in [0.15, 0.2) is 53.9 Å². The van der Waals surface area contributed by atoms with E-state index in [1.54, 1.807) is 69.5 Å². The number of aromatic nitrogens is 1. The third kappa shape index (κ3) is 7.16. The van der Waals surface area contributed by atoms with Gasteiger partial charge in [0.15, 0.2) is 5.60 Å². The number of amides is 2. The lowest BCUT2D eigenvalue weighted by molar-refractivity contribution is -0.146. The molecule has 0 radical (unpaired) electrons. The Bertz CT molecular complexity index is 1330. The van der Waals surface area contributed by atoms with Gasteiger partial charge in [0.2, 0.25) is 0 Å². The molecule has 2 heterocycles. The number of piperidine rings is 1. The summed E-state index contributed by atoms with van der Waals surface area (Å²) in [6, 6.07) is 13.7. The van der Waals surface area contributed by atoms with E-state index in [4.69, 9.17) is 21.1 Å². The topological polar surface area (TPSA) is 97.8 Å². The van der Waals surface area contributed by atoms with E-state index in [1.807, 2.05) is 17.0 Å². The number of carbonyl (C=O) groups is 3. The molecular weight excluding hydrogens is 538 g/mol. The monoisotopic (exact) mass is 569 g/mol. The molecule has 10 heteroatoms. The number of hydrogen-bond donors (Lipinski definition) is 1. The van der Waals surface area contributed by atoms with Crippen molar-refractivity contribution < 1.29 is 23.9 Å². The first-order chi connectivity index (χ1) is 18.5. The van der Waals surface area contributed by atoms with Crippen molar-refractivity contribution in [3.8, 4) is 5.75 Å². The minimum atomic E-state index is -1.06. The third-order valence-electron chi connectivity index (χ3n) is 6.32. The molecule has 0 aliphatic carbocycles. The second-order valence-electron chi connectivity index (χ2n) is 10.2. The van der Waals surface area contributed by atoms with Gasteiger partial charge in [-0.15, -0.1) is 11.3 Å². The number of esters is 1. The Morgan fingerprint density at radius 2 is 1.74 bits per heavy atom. The van der Waals surface area contributed by atoms with Crippen molar-refractivity contribution in [2.75, 3.05) is 18.4 Å². The summed E-state index contributed by atoms with van der Waals surface area (Å²) in [6.07, 6.45) is 1.29. The number of nitrogens with zero attached hydrogens (tertiary/aromatic N) is 2. The van der Waals surface area contributed by atoms with E-state index in [9.17, 15) is 14.4 Å². The van der Waals surface area contributed by atoms with Gasteiger partial charge in [0, 0.05) is 30.1 Å². The van der Waals surface area contributed by atoms with Gasteiger partial charge in [-0.2, -0.15) is 0 Å². The van der Waals surface area contributed by atoms with Crippen molar-refractivity contribution >= 4 is 46.4 Å². The molecule has 1 fully saturated rings. The number of nitrogens with one attached hydrogen (secondary N) is 1. The molecule has 0 spiro atoms. The Hall–Kier alpha value is -3.43. The van der Waals surface area contributed by atoms with E-state index in [-0.39, 0.29) is 23.8 Å². The smallest absolute Gasteiger partial charge is 0.338 e. The predicted molar refractivity (Wildman–Crippen MR) is 152 cm³/mol. The second kappa shape index (κ2) is 12.2. The van der Waals surface area contributed by atoms with Crippen LogP contribution in [-0.2, 0) is 9.53 Å². The normalized spacial score (nSPS) is 14.3. The Balaban J connectivity index is 1.30. The Kier molecular flexibility index (Phi) is 8.92. The number of hydrogen-bond acceptors (Lipinski definition) is 7. The molecule has 1 aliphatic heterocycles. The van der Waals surface area contributed by atoms with Crippen molar-refractivity contribution in [1.82, 2.24) is 9.88 Å². The molecule has 3 aromatic rings. The molecule has 2 amide bonds. The fraction of sp³-hybridized carbons (Fsp3) is 0.379. The van der Waals surface area contributed by atoms with Gasteiger partial charge in [-0.05, 0) is 76.9 Å². The van der Waals surface area contributed by atoms with Crippen molar-refractivity contribution in [1.29, 1.82) is 0 Å². The van der Waals surface area contributed by atoms with Crippen molar-refractivity contribution in [3.05, 3.63) is 75.2 Å². The van der Waals surface area contributed by atoms with E-state index in [0.29, 0.717) is 40.8 Å². The van der Waals surface area contributed by atoms with Gasteiger partial charge in [0.05, 0.1) is 21.7 Å². The Labute approximate surface area is 237 Å². The van der Waals surface area contributed by atoms with Gasteiger partial charge < -0.3 is 19.7 Å². The highest BCUT2D eigenvalue weighted by molar-refractivity contribution is 7.10. The van der Waals surface area contributed by atoms with E-state index in [0.717, 1.165) is 17.8 Å². The van der Waals surface area contributed by atoms with Gasteiger partial charge in [-0.1, -0.05) is 23.7 Å². The standard InChI is InChI=1S/C29H32ClN3O5S/c1-18(2)37-27(35)20-9-11-21(12-10-20)31-25(34)23-17-39-26(32-23)19-13-15-33(16-14-19)28(36)29(3,4)38-24-8-6-5-7-22(24)30/h5-12,17-19H,13-16H2,1-4H3,(H,31,34). The lowest BCUT2D eigenvalue weighted by atomic mass is 9.96. The van der Waals surface area contributed by atoms with Crippen LogP contribution in [-0.4, -0.2) is 52.5 Å². The van der Waals surface area contributed by atoms with Gasteiger partial charge in [-0.3, -0.25) is 9.59 Å². The van der Waals surface area contributed by atoms with Crippen molar-refractivity contribution in [2.24, 2.45) is 0 Å². The zero-order valence-corrected chi connectivity index (χ0v) is 24.0. The average molecular weight is 570 g/mol. The van der Waals surface area contributed by atoms with Crippen molar-refractivity contribution in [3.63, 3.8) is 0 Å². The number of halogens is 1. The van der Waals surface area contributed by atoms with Crippen molar-refractivity contribution in [2.45, 2.75) is 58.2 Å². The zero-order valence-electron chi connectivity index (χ0n) is 22.4. The summed E-state index contributed by atoms with van der Waals surface area (Å²) < 4.78 is 11.2. The molecule has 206 valence electrons. The molecule has 1 N–H and O–H groups in total. The van der Waals surface area contributed by atoms with E-state index >= 15 is 0 Å². The molecule has 39 heavy (non-hydrogen) atoms. The summed E-state index contributed by atoms with van der Waals surface area (Å²) in [5, 5.41) is 5.91. The summed E-state index contributed by atoms with van der Waals surface area (Å²) in [6.45, 7) is 8.23. The van der Waals surface area contributed by atoms with E-state index < -0.39 is 11.6 Å². The number of para-hydroxylation sites is 1. The molecule has 1 saturated heterocycles. The quantitative estimate of drug-likeness (QED) is 0.325. The molecule has 1 aromatic heterocycles. The summed E-state index contributed by atoms with van der Waals surface area (Å²) in [4.78, 5) is 44.4. The lowest BCUT2D eigenvalue weighted by Crippen LogP contribution is -2.51. The SMILES string of the molecule is CC(C)OC(=O)c1ccc(NC(=O)c2csc(C3CCN(C(=O)C(C)(C)Oc4ccccc4Cl)CC3)n2)cc1. The Morgan fingerprint density at radius 1 is 1.08 bits per heavy atom. The van der Waals surface area contributed by atoms with E-state index in [2.05, 4.69) is 10.3 Å². The van der Waals surface area contributed by atoms with Crippen LogP contribution in [0.25, 0.3) is 0 Å². The molecule has 1 aliphatic rings. The largest absolute Gasteiger partial charge is 0.476 e. The first-order valence-corrected chi connectivity index (χ1v) is 14.1. The van der Waals surface area contributed by atoms with Gasteiger partial charge in [0.1, 0.15) is 11.4 Å². The summed E-state index contributed by atoms with van der Waals surface area (Å²) in [7, 11) is 0. The number of anilines is 1. The number of likely N-dealkylation sites (tertiary alicyclic amines) is 1. The minimum absolute atomic E-state index is 0.0939. The van der Waals surface area contributed by atoms with Crippen LogP contribution in [0.2, 0.25) is 5.02 Å². The van der Waals surface area contributed by atoms with Crippen LogP contribution in [0.1, 0.15) is 72.3 Å². The highest BCUT2D eigenvalue weighted by atomic mass is 35.5. The maximum absolute atomic E-state index is 13.2. The average Bonchev–Trinajstić information content (AvgIpc) is 3.40. The first-order valence-electron chi connectivity index (χ1n) is 12.8. The fourth-order valence-electron chi connectivity index (χ4n) is 4.30. The van der Waals surface area contributed by atoms with Gasteiger partial charge >= 0.3 is 5.97 Å². The van der Waals surface area contributed by atoms with E-state index in [1.165, 1.54) is 11.3 Å². The van der Waals surface area contributed by atoms with Crippen LogP contribution in [0.5, 0.6) is 5.75 Å². The number of ether oxygens (including phenoxy) is 2. The first kappa shape index (κ1) is 28.6. The number of benzene rings is 2. The summed E-state index contributed by atoms with van der Waals surface area (Å²) in [5.41, 5.74) is 0.258. The summed E-state index contributed by atoms with van der Waals surface area (Å²) >= 11 is 7.66. The van der Waals surface area contributed by atoms with Gasteiger partial charge in [0.25, 0.3) is 11.8 Å². The second-order valence-corrected chi connectivity index (χ2v) is 11.5. The van der Waals surface area contributed by atoms with Crippen LogP contribution >= 0.6 is 22.9 Å². The predicted octanol–water partition coefficient (Wildman–Crippen LogP) is 6.18. The molecule has 8 nitrogen and oxygen atoms in total. The minimum Gasteiger partial charge on any atom is -0.476 e. The third-order valence-corrected chi connectivity index (χ3v) is 7.64. The van der Waals surface area contributed by atoms with Crippen LogP contribution in [0, 0.1) is 0 Å². The maximum Gasteiger partial charge on any atom is 0.338 e. The number of rotatable bonds is 8. The molecule has 0 unspecified atom stereocenters. The van der Waals surface area contributed by atoms with Crippen LogP contribution < -0.4 is 10.1 Å².